The van der Waals surface area contributed by atoms with Gasteiger partial charge in [0.25, 0.3) is 5.91 Å². The number of halogens is 1. The summed E-state index contributed by atoms with van der Waals surface area (Å²) in [6, 6.07) is 3.74. The molecular formula is C14H20FNO3. The number of aliphatic hydroxyl groups excluding tert-OH is 1. The van der Waals surface area contributed by atoms with Crippen LogP contribution in [0.5, 0.6) is 5.75 Å². The molecule has 0 aliphatic rings. The first kappa shape index (κ1) is 15.4. The minimum atomic E-state index is -0.617. The quantitative estimate of drug-likeness (QED) is 0.830. The highest BCUT2D eigenvalue weighted by Gasteiger charge is 2.17. The topological polar surface area (TPSA) is 58.6 Å². The molecule has 2 atom stereocenters. The highest BCUT2D eigenvalue weighted by Crippen LogP contribution is 2.19. The molecule has 4 nitrogen and oxygen atoms in total. The molecular weight excluding hydrogens is 249 g/mol. The lowest BCUT2D eigenvalue weighted by molar-refractivity contribution is 0.0847. The number of hydrogen-bond acceptors (Lipinski definition) is 3. The van der Waals surface area contributed by atoms with Crippen LogP contribution in [0.4, 0.5) is 4.39 Å². The molecule has 0 bridgehead atoms. The lowest BCUT2D eigenvalue weighted by Gasteiger charge is -2.18. The Morgan fingerprint density at radius 3 is 2.79 bits per heavy atom. The number of benzene rings is 1. The molecule has 2 N–H and O–H groups in total. The summed E-state index contributed by atoms with van der Waals surface area (Å²) in [4.78, 5) is 11.9. The second-order valence-electron chi connectivity index (χ2n) is 4.51. The van der Waals surface area contributed by atoms with Gasteiger partial charge in [0.1, 0.15) is 11.6 Å². The van der Waals surface area contributed by atoms with E-state index in [1.165, 1.54) is 19.2 Å². The van der Waals surface area contributed by atoms with Crippen molar-refractivity contribution in [2.45, 2.75) is 26.4 Å². The molecule has 1 rings (SSSR count). The van der Waals surface area contributed by atoms with Crippen LogP contribution in [0.25, 0.3) is 0 Å². The van der Waals surface area contributed by atoms with Crippen LogP contribution in [0, 0.1) is 11.7 Å². The Morgan fingerprint density at radius 1 is 1.53 bits per heavy atom. The predicted molar refractivity (Wildman–Crippen MR) is 70.7 cm³/mol. The van der Waals surface area contributed by atoms with E-state index in [4.69, 9.17) is 4.74 Å². The summed E-state index contributed by atoms with van der Waals surface area (Å²) in [7, 11) is 1.41. The molecule has 0 heterocycles. The minimum Gasteiger partial charge on any atom is -0.496 e. The van der Waals surface area contributed by atoms with E-state index in [9.17, 15) is 14.3 Å². The summed E-state index contributed by atoms with van der Waals surface area (Å²) >= 11 is 0. The van der Waals surface area contributed by atoms with Crippen LogP contribution in [-0.4, -0.2) is 30.8 Å². The third-order valence-electron chi connectivity index (χ3n) is 3.18. The van der Waals surface area contributed by atoms with Gasteiger partial charge in [-0.2, -0.15) is 0 Å². The van der Waals surface area contributed by atoms with Gasteiger partial charge in [-0.3, -0.25) is 4.79 Å². The zero-order valence-corrected chi connectivity index (χ0v) is 11.4. The molecule has 0 spiro atoms. The van der Waals surface area contributed by atoms with Gasteiger partial charge in [0.05, 0.1) is 18.8 Å². The van der Waals surface area contributed by atoms with Crippen molar-refractivity contribution in [1.82, 2.24) is 5.32 Å². The van der Waals surface area contributed by atoms with Crippen LogP contribution in [0.2, 0.25) is 0 Å². The molecule has 19 heavy (non-hydrogen) atoms. The molecule has 2 unspecified atom stereocenters. The molecule has 0 aliphatic carbocycles. The van der Waals surface area contributed by atoms with Gasteiger partial charge in [-0.1, -0.05) is 20.3 Å². The maximum absolute atomic E-state index is 13.1. The van der Waals surface area contributed by atoms with E-state index in [2.05, 4.69) is 5.32 Å². The Morgan fingerprint density at radius 2 is 2.21 bits per heavy atom. The molecule has 0 aliphatic heterocycles. The number of carbonyl (C=O) groups excluding carboxylic acids is 1. The van der Waals surface area contributed by atoms with Gasteiger partial charge in [0.2, 0.25) is 0 Å². The maximum atomic E-state index is 13.1. The third kappa shape index (κ3) is 4.21. The number of nitrogens with one attached hydrogen (secondary N) is 1. The number of ether oxygens (including phenoxy) is 1. The zero-order valence-electron chi connectivity index (χ0n) is 11.4. The first-order chi connectivity index (χ1) is 8.99. The van der Waals surface area contributed by atoms with Gasteiger partial charge >= 0.3 is 0 Å². The van der Waals surface area contributed by atoms with E-state index < -0.39 is 17.8 Å². The standard InChI is InChI=1S/C14H20FNO3/c1-4-9(2)12(17)8-16-14(18)11-7-10(15)5-6-13(11)19-3/h5-7,9,12,17H,4,8H2,1-3H3,(H,16,18). The van der Waals surface area contributed by atoms with Crippen molar-refractivity contribution in [2.24, 2.45) is 5.92 Å². The van der Waals surface area contributed by atoms with E-state index in [1.807, 2.05) is 13.8 Å². The summed E-state index contributed by atoms with van der Waals surface area (Å²) < 4.78 is 18.1. The van der Waals surface area contributed by atoms with Crippen molar-refractivity contribution in [3.63, 3.8) is 0 Å². The molecule has 106 valence electrons. The van der Waals surface area contributed by atoms with Crippen LogP contribution in [0.15, 0.2) is 18.2 Å². The summed E-state index contributed by atoms with van der Waals surface area (Å²) in [5.41, 5.74) is 0.124. The number of amides is 1. The van der Waals surface area contributed by atoms with Crippen LogP contribution >= 0.6 is 0 Å². The molecule has 0 aromatic heterocycles. The van der Waals surface area contributed by atoms with Crippen LogP contribution in [-0.2, 0) is 0 Å². The van der Waals surface area contributed by atoms with Crippen molar-refractivity contribution < 1.29 is 19.0 Å². The summed E-state index contributed by atoms with van der Waals surface area (Å²) in [5, 5.41) is 12.4. The average molecular weight is 269 g/mol. The molecule has 1 aromatic carbocycles. The molecule has 5 heteroatoms. The Kier molecular flexibility index (Phi) is 5.76. The van der Waals surface area contributed by atoms with Gasteiger partial charge in [-0.15, -0.1) is 0 Å². The molecule has 1 amide bonds. The van der Waals surface area contributed by atoms with Crippen LogP contribution < -0.4 is 10.1 Å². The van der Waals surface area contributed by atoms with Crippen LogP contribution in [0.3, 0.4) is 0 Å². The smallest absolute Gasteiger partial charge is 0.255 e. The second kappa shape index (κ2) is 7.09. The first-order valence-corrected chi connectivity index (χ1v) is 6.29. The second-order valence-corrected chi connectivity index (χ2v) is 4.51. The van der Waals surface area contributed by atoms with E-state index in [1.54, 1.807) is 0 Å². The third-order valence-corrected chi connectivity index (χ3v) is 3.18. The number of rotatable bonds is 6. The average Bonchev–Trinajstić information content (AvgIpc) is 2.43. The SMILES string of the molecule is CCC(C)C(O)CNC(=O)c1cc(F)ccc1OC. The van der Waals surface area contributed by atoms with Crippen molar-refractivity contribution >= 4 is 5.91 Å². The maximum Gasteiger partial charge on any atom is 0.255 e. The molecule has 0 saturated carbocycles. The predicted octanol–water partition coefficient (Wildman–Crippen LogP) is 1.97. The highest BCUT2D eigenvalue weighted by molar-refractivity contribution is 5.96. The summed E-state index contributed by atoms with van der Waals surface area (Å²) in [5.74, 6) is -0.571. The van der Waals surface area contributed by atoms with E-state index in [0.29, 0.717) is 5.75 Å². The number of aliphatic hydroxyl groups is 1. The van der Waals surface area contributed by atoms with E-state index in [-0.39, 0.29) is 18.0 Å². The van der Waals surface area contributed by atoms with Gasteiger partial charge in [0, 0.05) is 6.54 Å². The largest absolute Gasteiger partial charge is 0.496 e. The van der Waals surface area contributed by atoms with Crippen molar-refractivity contribution in [1.29, 1.82) is 0 Å². The lowest BCUT2D eigenvalue weighted by atomic mass is 10.0. The Hall–Kier alpha value is -1.62. The number of carbonyl (C=O) groups is 1. The van der Waals surface area contributed by atoms with E-state index in [0.717, 1.165) is 12.5 Å². The zero-order chi connectivity index (χ0) is 14.4. The molecule has 1 aromatic rings. The fourth-order valence-electron chi connectivity index (χ4n) is 1.62. The first-order valence-electron chi connectivity index (χ1n) is 6.29. The molecule has 0 fully saturated rings. The Balaban J connectivity index is 2.70. The summed E-state index contributed by atoms with van der Waals surface area (Å²) in [6.07, 6.45) is 0.203. The van der Waals surface area contributed by atoms with Crippen LogP contribution in [0.1, 0.15) is 30.6 Å². The van der Waals surface area contributed by atoms with Crippen molar-refractivity contribution in [3.05, 3.63) is 29.6 Å². The van der Waals surface area contributed by atoms with E-state index >= 15 is 0 Å². The fourth-order valence-corrected chi connectivity index (χ4v) is 1.62. The van der Waals surface area contributed by atoms with Crippen molar-refractivity contribution in [2.75, 3.05) is 13.7 Å². The Labute approximate surface area is 112 Å². The minimum absolute atomic E-state index is 0.0923. The van der Waals surface area contributed by atoms with Gasteiger partial charge in [-0.25, -0.2) is 4.39 Å². The lowest BCUT2D eigenvalue weighted by Crippen LogP contribution is -2.35. The number of methoxy groups -OCH3 is 1. The molecule has 0 radical (unpaired) electrons. The van der Waals surface area contributed by atoms with Gasteiger partial charge < -0.3 is 15.2 Å². The number of hydrogen-bond donors (Lipinski definition) is 2. The fraction of sp³-hybridized carbons (Fsp3) is 0.500. The summed E-state index contributed by atoms with van der Waals surface area (Å²) in [6.45, 7) is 4.00. The molecule has 0 saturated heterocycles. The van der Waals surface area contributed by atoms with Gasteiger partial charge in [-0.05, 0) is 24.1 Å². The monoisotopic (exact) mass is 269 g/mol. The normalized spacial score (nSPS) is 13.7. The highest BCUT2D eigenvalue weighted by atomic mass is 19.1. The van der Waals surface area contributed by atoms with Gasteiger partial charge in [0.15, 0.2) is 0 Å². The Bertz CT molecular complexity index is 437. The van der Waals surface area contributed by atoms with Crippen molar-refractivity contribution in [3.8, 4) is 5.75 Å².